The van der Waals surface area contributed by atoms with Crippen molar-refractivity contribution in [2.45, 2.75) is 45.4 Å². The first-order valence-electron chi connectivity index (χ1n) is 7.73. The highest BCUT2D eigenvalue weighted by Crippen LogP contribution is 2.48. The lowest BCUT2D eigenvalue weighted by molar-refractivity contribution is -0.168. The molecule has 0 saturated heterocycles. The van der Waals surface area contributed by atoms with Crippen LogP contribution in [-0.4, -0.2) is 26.2 Å². The van der Waals surface area contributed by atoms with Gasteiger partial charge in [-0.25, -0.2) is 0 Å². The second kappa shape index (κ2) is 5.11. The molecule has 0 amide bonds. The predicted octanol–water partition coefficient (Wildman–Crippen LogP) is 2.61. The van der Waals surface area contributed by atoms with Gasteiger partial charge in [0.2, 0.25) is 0 Å². The molecule has 118 valence electrons. The maximum Gasteiger partial charge on any atom is 0.323 e. The van der Waals surface area contributed by atoms with Crippen LogP contribution in [0.4, 0.5) is 0 Å². The summed E-state index contributed by atoms with van der Waals surface area (Å²) in [6.45, 7) is 4.17. The van der Waals surface area contributed by atoms with E-state index in [9.17, 15) is 9.59 Å². The van der Waals surface area contributed by atoms with Gasteiger partial charge in [0.15, 0.2) is 5.41 Å². The van der Waals surface area contributed by atoms with Crippen LogP contribution in [0, 0.1) is 19.3 Å². The van der Waals surface area contributed by atoms with E-state index in [2.05, 4.69) is 19.9 Å². The van der Waals surface area contributed by atoms with Crippen LogP contribution >= 0.6 is 0 Å². The van der Waals surface area contributed by atoms with Gasteiger partial charge in [-0.2, -0.15) is 0 Å². The zero-order chi connectivity index (χ0) is 16.1. The third-order valence-electron chi connectivity index (χ3n) is 5.22. The van der Waals surface area contributed by atoms with Gasteiger partial charge in [0, 0.05) is 12.8 Å². The molecule has 4 heteroatoms. The molecule has 0 atom stereocenters. The first-order valence-corrected chi connectivity index (χ1v) is 7.73. The van der Waals surface area contributed by atoms with Gasteiger partial charge < -0.3 is 9.47 Å². The molecule has 0 spiro atoms. The molecule has 0 N–H and O–H groups in total. The zero-order valence-electron chi connectivity index (χ0n) is 13.6. The van der Waals surface area contributed by atoms with E-state index < -0.39 is 17.4 Å². The minimum atomic E-state index is -1.22. The highest BCUT2D eigenvalue weighted by Gasteiger charge is 2.53. The van der Waals surface area contributed by atoms with E-state index >= 15 is 0 Å². The number of methoxy groups -OCH3 is 2. The first kappa shape index (κ1) is 15.1. The molecule has 4 nitrogen and oxygen atoms in total. The maximum atomic E-state index is 12.3. The quantitative estimate of drug-likeness (QED) is 0.636. The van der Waals surface area contributed by atoms with E-state index in [1.807, 2.05) is 0 Å². The fourth-order valence-electron chi connectivity index (χ4n) is 3.80. The van der Waals surface area contributed by atoms with Crippen LogP contribution < -0.4 is 0 Å². The molecule has 0 bridgehead atoms. The number of hydrogen-bond donors (Lipinski definition) is 0. The van der Waals surface area contributed by atoms with Gasteiger partial charge in [0.05, 0.1) is 14.2 Å². The monoisotopic (exact) mass is 302 g/mol. The van der Waals surface area contributed by atoms with Crippen LogP contribution in [0.2, 0.25) is 0 Å². The third kappa shape index (κ3) is 2.04. The number of carbonyl (C=O) groups is 2. The van der Waals surface area contributed by atoms with Gasteiger partial charge in [-0.1, -0.05) is 6.07 Å². The summed E-state index contributed by atoms with van der Waals surface area (Å²) in [7, 11) is 2.65. The van der Waals surface area contributed by atoms with Crippen molar-refractivity contribution in [1.82, 2.24) is 0 Å². The Morgan fingerprint density at radius 2 is 1.59 bits per heavy atom. The molecule has 3 rings (SSSR count). The van der Waals surface area contributed by atoms with Crippen molar-refractivity contribution in [2.24, 2.45) is 5.41 Å². The van der Waals surface area contributed by atoms with Crippen LogP contribution in [0.1, 0.15) is 46.6 Å². The van der Waals surface area contributed by atoms with E-state index in [0.29, 0.717) is 18.8 Å². The third-order valence-corrected chi connectivity index (χ3v) is 5.22. The van der Waals surface area contributed by atoms with Crippen molar-refractivity contribution in [3.63, 3.8) is 0 Å². The average Bonchev–Trinajstić information content (AvgIpc) is 3.27. The van der Waals surface area contributed by atoms with Gasteiger partial charge in [-0.15, -0.1) is 0 Å². The van der Waals surface area contributed by atoms with Gasteiger partial charge in [-0.3, -0.25) is 9.59 Å². The summed E-state index contributed by atoms with van der Waals surface area (Å²) in [5.74, 6) is -0.347. The van der Waals surface area contributed by atoms with Gasteiger partial charge in [0.25, 0.3) is 0 Å². The lowest BCUT2D eigenvalue weighted by atomic mass is 9.84. The highest BCUT2D eigenvalue weighted by molar-refractivity contribution is 6.01. The molecule has 0 aliphatic heterocycles. The summed E-state index contributed by atoms with van der Waals surface area (Å²) < 4.78 is 9.84. The van der Waals surface area contributed by atoms with Gasteiger partial charge in [0.1, 0.15) is 0 Å². The standard InChI is InChI=1S/C18H22O4/c1-10-7-13(12-5-6-12)11(2)15-9-18(8-14(10)15,16(19)21-3)17(20)22-4/h7,12H,5-6,8-9H2,1-4H3. The van der Waals surface area contributed by atoms with Crippen LogP contribution in [0.15, 0.2) is 6.07 Å². The number of rotatable bonds is 3. The topological polar surface area (TPSA) is 52.6 Å². The Morgan fingerprint density at radius 3 is 2.09 bits per heavy atom. The summed E-state index contributed by atoms with van der Waals surface area (Å²) in [5.41, 5.74) is 4.80. The number of benzene rings is 1. The molecule has 1 fully saturated rings. The molecular weight excluding hydrogens is 280 g/mol. The second-order valence-corrected chi connectivity index (χ2v) is 6.56. The van der Waals surface area contributed by atoms with Crippen molar-refractivity contribution in [3.8, 4) is 0 Å². The molecular formula is C18H22O4. The van der Waals surface area contributed by atoms with Gasteiger partial charge in [-0.05, 0) is 60.4 Å². The Bertz CT molecular complexity index is 640. The van der Waals surface area contributed by atoms with Gasteiger partial charge >= 0.3 is 11.9 Å². The number of aryl methyl sites for hydroxylation is 1. The number of hydrogen-bond acceptors (Lipinski definition) is 4. The number of fused-ring (bicyclic) bond motifs is 1. The molecule has 0 aromatic heterocycles. The Morgan fingerprint density at radius 1 is 1.05 bits per heavy atom. The molecule has 2 aliphatic rings. The van der Waals surface area contributed by atoms with Crippen molar-refractivity contribution < 1.29 is 19.1 Å². The zero-order valence-corrected chi connectivity index (χ0v) is 13.6. The largest absolute Gasteiger partial charge is 0.468 e. The molecule has 1 saturated carbocycles. The lowest BCUT2D eigenvalue weighted by Gasteiger charge is -2.22. The number of ether oxygens (including phenoxy) is 2. The maximum absolute atomic E-state index is 12.3. The van der Waals surface area contributed by atoms with E-state index in [-0.39, 0.29) is 0 Å². The lowest BCUT2D eigenvalue weighted by Crippen LogP contribution is -2.42. The Labute approximate surface area is 130 Å². The van der Waals surface area contributed by atoms with Crippen LogP contribution in [0.5, 0.6) is 0 Å². The number of esters is 2. The van der Waals surface area contributed by atoms with Crippen LogP contribution in [0.25, 0.3) is 0 Å². The summed E-state index contributed by atoms with van der Waals surface area (Å²) >= 11 is 0. The van der Waals surface area contributed by atoms with Crippen molar-refractivity contribution >= 4 is 11.9 Å². The summed E-state index contributed by atoms with van der Waals surface area (Å²) in [5, 5.41) is 0. The van der Waals surface area contributed by atoms with Crippen molar-refractivity contribution in [1.29, 1.82) is 0 Å². The number of carbonyl (C=O) groups excluding carboxylic acids is 2. The molecule has 0 radical (unpaired) electrons. The smallest absolute Gasteiger partial charge is 0.323 e. The molecule has 1 aromatic carbocycles. The fourth-order valence-corrected chi connectivity index (χ4v) is 3.80. The second-order valence-electron chi connectivity index (χ2n) is 6.56. The molecule has 0 heterocycles. The van der Waals surface area contributed by atoms with Crippen LogP contribution in [-0.2, 0) is 31.9 Å². The highest BCUT2D eigenvalue weighted by atomic mass is 16.5. The Balaban J connectivity index is 2.10. The Hall–Kier alpha value is -1.84. The molecule has 1 aromatic rings. The minimum Gasteiger partial charge on any atom is -0.468 e. The first-order chi connectivity index (χ1) is 10.4. The fraction of sp³-hybridized carbons (Fsp3) is 0.556. The summed E-state index contributed by atoms with van der Waals surface area (Å²) in [6, 6.07) is 2.23. The summed E-state index contributed by atoms with van der Waals surface area (Å²) in [4.78, 5) is 24.7. The van der Waals surface area contributed by atoms with E-state index in [1.54, 1.807) is 0 Å². The van der Waals surface area contributed by atoms with Crippen molar-refractivity contribution in [2.75, 3.05) is 14.2 Å². The van der Waals surface area contributed by atoms with E-state index in [4.69, 9.17) is 9.47 Å². The summed E-state index contributed by atoms with van der Waals surface area (Å²) in [6.07, 6.45) is 3.23. The SMILES string of the molecule is COC(=O)C1(C(=O)OC)Cc2c(C)cc(C3CC3)c(C)c2C1. The Kier molecular flexibility index (Phi) is 3.50. The average molecular weight is 302 g/mol. The van der Waals surface area contributed by atoms with Crippen LogP contribution in [0.3, 0.4) is 0 Å². The normalized spacial score (nSPS) is 18.7. The predicted molar refractivity (Wildman–Crippen MR) is 81.8 cm³/mol. The van der Waals surface area contributed by atoms with Crippen molar-refractivity contribution in [3.05, 3.63) is 33.9 Å². The minimum absolute atomic E-state index is 0.374. The molecule has 2 aliphatic carbocycles. The van der Waals surface area contributed by atoms with E-state index in [1.165, 1.54) is 38.2 Å². The molecule has 0 unspecified atom stereocenters. The molecule has 22 heavy (non-hydrogen) atoms. The van der Waals surface area contributed by atoms with E-state index in [0.717, 1.165) is 16.7 Å².